The predicted molar refractivity (Wildman–Crippen MR) is 131 cm³/mol. The summed E-state index contributed by atoms with van der Waals surface area (Å²) in [6.45, 7) is 7.68. The van der Waals surface area contributed by atoms with Crippen LogP contribution in [0.4, 0.5) is 0 Å². The van der Waals surface area contributed by atoms with Crippen molar-refractivity contribution in [3.05, 3.63) is 102 Å². The lowest BCUT2D eigenvalue weighted by Crippen LogP contribution is -2.38. The summed E-state index contributed by atoms with van der Waals surface area (Å²) in [5.74, 6) is -0.419. The van der Waals surface area contributed by atoms with Crippen LogP contribution >= 0.6 is 0 Å². The van der Waals surface area contributed by atoms with Crippen molar-refractivity contribution in [1.29, 1.82) is 0 Å². The van der Waals surface area contributed by atoms with E-state index in [1.165, 1.54) is 5.56 Å². The maximum absolute atomic E-state index is 13.5. The van der Waals surface area contributed by atoms with Gasteiger partial charge in [-0.15, -0.1) is 6.58 Å². The molecule has 0 unspecified atom stereocenters. The highest BCUT2D eigenvalue weighted by Gasteiger charge is 2.33. The van der Waals surface area contributed by atoms with Crippen LogP contribution in [0.5, 0.6) is 0 Å². The highest BCUT2D eigenvalue weighted by molar-refractivity contribution is 5.93. The Morgan fingerprint density at radius 1 is 1.06 bits per heavy atom. The number of hydrogen-bond donors (Lipinski definition) is 0. The van der Waals surface area contributed by atoms with Gasteiger partial charge in [-0.25, -0.2) is 0 Å². The van der Waals surface area contributed by atoms with Crippen LogP contribution in [-0.4, -0.2) is 52.8 Å². The van der Waals surface area contributed by atoms with Crippen molar-refractivity contribution >= 4 is 11.8 Å². The van der Waals surface area contributed by atoms with E-state index in [9.17, 15) is 9.59 Å². The number of pyridine rings is 1. The Morgan fingerprint density at radius 2 is 1.82 bits per heavy atom. The molecule has 33 heavy (non-hydrogen) atoms. The van der Waals surface area contributed by atoms with Crippen LogP contribution < -0.4 is 0 Å². The van der Waals surface area contributed by atoms with E-state index in [0.29, 0.717) is 38.3 Å². The Balaban J connectivity index is 1.64. The van der Waals surface area contributed by atoms with E-state index in [-0.39, 0.29) is 17.7 Å². The van der Waals surface area contributed by atoms with Gasteiger partial charge in [0.15, 0.2) is 0 Å². The number of benzene rings is 2. The van der Waals surface area contributed by atoms with Gasteiger partial charge in [-0.05, 0) is 42.2 Å². The summed E-state index contributed by atoms with van der Waals surface area (Å²) < 4.78 is 0. The number of rotatable bonds is 6. The van der Waals surface area contributed by atoms with Gasteiger partial charge in [-0.2, -0.15) is 0 Å². The van der Waals surface area contributed by atoms with Gasteiger partial charge < -0.3 is 9.80 Å². The molecule has 0 aliphatic carbocycles. The summed E-state index contributed by atoms with van der Waals surface area (Å²) in [7, 11) is 0. The summed E-state index contributed by atoms with van der Waals surface area (Å²) in [6.07, 6.45) is 3.92. The molecule has 5 nitrogen and oxygen atoms in total. The second-order valence-electron chi connectivity index (χ2n) is 8.46. The topological polar surface area (TPSA) is 53.5 Å². The van der Waals surface area contributed by atoms with Gasteiger partial charge >= 0.3 is 0 Å². The molecule has 2 aromatic carbocycles. The van der Waals surface area contributed by atoms with Crippen molar-refractivity contribution in [1.82, 2.24) is 14.8 Å². The molecule has 0 bridgehead atoms. The molecule has 1 atom stereocenters. The first-order valence-corrected chi connectivity index (χ1v) is 11.3. The molecule has 0 radical (unpaired) electrons. The van der Waals surface area contributed by atoms with E-state index in [1.807, 2.05) is 18.2 Å². The zero-order chi connectivity index (χ0) is 23.2. The van der Waals surface area contributed by atoms with Crippen LogP contribution in [0.25, 0.3) is 11.1 Å². The minimum atomic E-state index is -0.341. The molecular weight excluding hydrogens is 410 g/mol. The maximum atomic E-state index is 13.5. The number of aryl methyl sites for hydroxylation is 1. The Hall–Kier alpha value is -3.73. The van der Waals surface area contributed by atoms with E-state index in [1.54, 1.807) is 34.2 Å². The van der Waals surface area contributed by atoms with Gasteiger partial charge in [-0.3, -0.25) is 14.6 Å². The lowest BCUT2D eigenvalue weighted by Gasteiger charge is -2.24. The second-order valence-corrected chi connectivity index (χ2v) is 8.46. The smallest absolute Gasteiger partial charge is 0.272 e. The van der Waals surface area contributed by atoms with Crippen LogP contribution in [-0.2, 0) is 11.2 Å². The van der Waals surface area contributed by atoms with Crippen LogP contribution in [0.3, 0.4) is 0 Å². The van der Waals surface area contributed by atoms with Crippen LogP contribution in [0, 0.1) is 12.8 Å². The Kier molecular flexibility index (Phi) is 6.98. The average Bonchev–Trinajstić information content (AvgIpc) is 3.00. The average molecular weight is 440 g/mol. The van der Waals surface area contributed by atoms with E-state index >= 15 is 0 Å². The van der Waals surface area contributed by atoms with E-state index in [2.05, 4.69) is 54.9 Å². The van der Waals surface area contributed by atoms with Gasteiger partial charge in [0.25, 0.3) is 5.91 Å². The third kappa shape index (κ3) is 5.20. The summed E-state index contributed by atoms with van der Waals surface area (Å²) in [5.41, 5.74) is 4.96. The molecule has 1 fully saturated rings. The summed E-state index contributed by atoms with van der Waals surface area (Å²) >= 11 is 0. The third-order valence-electron chi connectivity index (χ3n) is 6.11. The quantitative estimate of drug-likeness (QED) is 0.536. The fraction of sp³-hybridized carbons (Fsp3) is 0.250. The van der Waals surface area contributed by atoms with Crippen molar-refractivity contribution < 1.29 is 9.59 Å². The Morgan fingerprint density at radius 3 is 2.55 bits per heavy atom. The normalized spacial score (nSPS) is 16.4. The van der Waals surface area contributed by atoms with Crippen molar-refractivity contribution in [2.24, 2.45) is 5.92 Å². The molecule has 0 spiro atoms. The highest BCUT2D eigenvalue weighted by atomic mass is 16.2. The van der Waals surface area contributed by atoms with E-state index < -0.39 is 0 Å². The number of amides is 2. The van der Waals surface area contributed by atoms with Crippen molar-refractivity contribution in [3.63, 3.8) is 0 Å². The number of carbonyl (C=O) groups excluding carboxylic acids is 2. The molecule has 2 heterocycles. The molecule has 2 amide bonds. The molecule has 1 aromatic heterocycles. The number of nitrogens with zero attached hydrogens (tertiary/aromatic N) is 3. The standard InChI is InChI=1S/C28H29N3O2/c1-3-16-30-17-18-31(28(33)26-10-6-7-15-29-26)20-24(27(30)32)19-23-8-4-5-9-25(23)22-13-11-21(2)12-14-22/h3-15,24H,1,16-20H2,2H3/t24-/m0/s1. The zero-order valence-corrected chi connectivity index (χ0v) is 19.0. The first-order chi connectivity index (χ1) is 16.1. The molecule has 0 saturated carbocycles. The fourth-order valence-electron chi connectivity index (χ4n) is 4.35. The molecule has 0 N–H and O–H groups in total. The molecule has 1 saturated heterocycles. The van der Waals surface area contributed by atoms with Gasteiger partial charge in [0.2, 0.25) is 5.91 Å². The van der Waals surface area contributed by atoms with Gasteiger partial charge in [-0.1, -0.05) is 66.2 Å². The van der Waals surface area contributed by atoms with Crippen molar-refractivity contribution in [2.75, 3.05) is 26.2 Å². The summed E-state index contributed by atoms with van der Waals surface area (Å²) in [6, 6.07) is 22.0. The number of hydrogen-bond acceptors (Lipinski definition) is 3. The minimum absolute atomic E-state index is 0.0601. The molecule has 3 aromatic rings. The molecule has 168 valence electrons. The van der Waals surface area contributed by atoms with Crippen LogP contribution in [0.15, 0.2) is 85.6 Å². The lowest BCUT2D eigenvalue weighted by atomic mass is 9.91. The van der Waals surface area contributed by atoms with E-state index in [0.717, 1.165) is 16.7 Å². The SMILES string of the molecule is C=CCN1CCN(C(=O)c2ccccn2)C[C@H](Cc2ccccc2-c2ccc(C)cc2)C1=O. The minimum Gasteiger partial charge on any atom is -0.337 e. The van der Waals surface area contributed by atoms with Gasteiger partial charge in [0.1, 0.15) is 5.69 Å². The van der Waals surface area contributed by atoms with E-state index in [4.69, 9.17) is 0 Å². The van der Waals surface area contributed by atoms with Crippen molar-refractivity contribution in [2.45, 2.75) is 13.3 Å². The lowest BCUT2D eigenvalue weighted by molar-refractivity contribution is -0.134. The van der Waals surface area contributed by atoms with Crippen LogP contribution in [0.1, 0.15) is 21.6 Å². The molecular formula is C28H29N3O2. The first-order valence-electron chi connectivity index (χ1n) is 11.3. The first kappa shape index (κ1) is 22.5. The largest absolute Gasteiger partial charge is 0.337 e. The Bertz CT molecular complexity index is 1130. The summed E-state index contributed by atoms with van der Waals surface area (Å²) in [4.78, 5) is 34.4. The number of carbonyl (C=O) groups is 2. The predicted octanol–water partition coefficient (Wildman–Crippen LogP) is 4.39. The van der Waals surface area contributed by atoms with Crippen LogP contribution in [0.2, 0.25) is 0 Å². The Labute approximate surface area is 195 Å². The number of aromatic nitrogens is 1. The fourth-order valence-corrected chi connectivity index (χ4v) is 4.35. The van der Waals surface area contributed by atoms with Gasteiger partial charge in [0.05, 0.1) is 5.92 Å². The molecule has 1 aliphatic heterocycles. The molecule has 1 aliphatic rings. The van der Waals surface area contributed by atoms with Crippen molar-refractivity contribution in [3.8, 4) is 11.1 Å². The molecule has 5 heteroatoms. The molecule has 4 rings (SSSR count). The maximum Gasteiger partial charge on any atom is 0.272 e. The third-order valence-corrected chi connectivity index (χ3v) is 6.11. The monoisotopic (exact) mass is 439 g/mol. The van der Waals surface area contributed by atoms with Gasteiger partial charge in [0, 0.05) is 32.4 Å². The highest BCUT2D eigenvalue weighted by Crippen LogP contribution is 2.28. The zero-order valence-electron chi connectivity index (χ0n) is 19.0. The summed E-state index contributed by atoms with van der Waals surface area (Å²) in [5, 5.41) is 0. The second kappa shape index (κ2) is 10.3.